The Morgan fingerprint density at radius 3 is 2.17 bits per heavy atom. The van der Waals surface area contributed by atoms with Crippen molar-refractivity contribution >= 4 is 31.6 Å². The van der Waals surface area contributed by atoms with Crippen LogP contribution in [0.25, 0.3) is 0 Å². The van der Waals surface area contributed by atoms with Gasteiger partial charge in [-0.15, -0.1) is 0 Å². The summed E-state index contributed by atoms with van der Waals surface area (Å²) >= 11 is 5.80. The molecule has 130 valence electrons. The highest BCUT2D eigenvalue weighted by Crippen LogP contribution is 2.16. The lowest BCUT2D eigenvalue weighted by molar-refractivity contribution is 0.581. The van der Waals surface area contributed by atoms with E-state index in [9.17, 15) is 16.8 Å². The van der Waals surface area contributed by atoms with E-state index in [1.54, 1.807) is 36.4 Å². The van der Waals surface area contributed by atoms with E-state index in [1.807, 2.05) is 0 Å². The molecule has 2 N–H and O–H groups in total. The van der Waals surface area contributed by atoms with Crippen LogP contribution in [0.15, 0.2) is 53.4 Å². The number of nitrogens with one attached hydrogen (secondary N) is 2. The zero-order valence-corrected chi connectivity index (χ0v) is 15.2. The molecule has 0 aromatic heterocycles. The van der Waals surface area contributed by atoms with Gasteiger partial charge in [0.2, 0.25) is 20.0 Å². The second-order valence-electron chi connectivity index (χ2n) is 5.06. The number of rotatable bonds is 7. The molecule has 0 unspecified atom stereocenters. The van der Waals surface area contributed by atoms with Gasteiger partial charge in [0.25, 0.3) is 0 Å². The van der Waals surface area contributed by atoms with Crippen molar-refractivity contribution in [3.63, 3.8) is 0 Å². The van der Waals surface area contributed by atoms with Gasteiger partial charge in [0.1, 0.15) is 0 Å². The van der Waals surface area contributed by atoms with Crippen LogP contribution in [0.2, 0.25) is 5.02 Å². The lowest BCUT2D eigenvalue weighted by atomic mass is 10.1. The first-order chi connectivity index (χ1) is 11.2. The van der Waals surface area contributed by atoms with Crippen LogP contribution in [-0.2, 0) is 32.3 Å². The Labute approximate surface area is 147 Å². The third kappa shape index (κ3) is 5.29. The van der Waals surface area contributed by atoms with Gasteiger partial charge in [0, 0.05) is 11.6 Å². The molecule has 0 saturated heterocycles. The van der Waals surface area contributed by atoms with E-state index in [2.05, 4.69) is 9.44 Å². The van der Waals surface area contributed by atoms with Crippen LogP contribution < -0.4 is 9.44 Å². The van der Waals surface area contributed by atoms with E-state index in [0.29, 0.717) is 16.1 Å². The predicted octanol–water partition coefficient (Wildman–Crippen LogP) is 1.87. The number of hydrogen-bond acceptors (Lipinski definition) is 4. The maximum absolute atomic E-state index is 12.2. The molecule has 0 heterocycles. The second-order valence-corrected chi connectivity index (χ2v) is 9.19. The van der Waals surface area contributed by atoms with Crippen molar-refractivity contribution in [3.05, 3.63) is 64.7 Å². The molecule has 0 aliphatic carbocycles. The molecular weight excluding hydrogens is 372 g/mol. The number of benzene rings is 2. The van der Waals surface area contributed by atoms with Crippen LogP contribution in [0.3, 0.4) is 0 Å². The highest BCUT2D eigenvalue weighted by molar-refractivity contribution is 7.89. The van der Waals surface area contributed by atoms with Crippen LogP contribution in [0.5, 0.6) is 0 Å². The Morgan fingerprint density at radius 2 is 1.58 bits per heavy atom. The highest BCUT2D eigenvalue weighted by atomic mass is 35.5. The summed E-state index contributed by atoms with van der Waals surface area (Å²) in [5, 5.41) is 0.341. The summed E-state index contributed by atoms with van der Waals surface area (Å²) in [4.78, 5) is 0.0896. The lowest BCUT2D eigenvalue weighted by Gasteiger charge is -2.08. The molecule has 0 saturated carbocycles. The van der Waals surface area contributed by atoms with Gasteiger partial charge in [0.15, 0.2) is 0 Å². The van der Waals surface area contributed by atoms with E-state index in [1.165, 1.54) is 19.2 Å². The lowest BCUT2D eigenvalue weighted by Crippen LogP contribution is -2.23. The summed E-state index contributed by atoms with van der Waals surface area (Å²) < 4.78 is 52.1. The van der Waals surface area contributed by atoms with Crippen molar-refractivity contribution in [2.24, 2.45) is 0 Å². The van der Waals surface area contributed by atoms with Crippen LogP contribution in [0.1, 0.15) is 11.1 Å². The van der Waals surface area contributed by atoms with Gasteiger partial charge in [0.05, 0.1) is 10.6 Å². The van der Waals surface area contributed by atoms with E-state index in [4.69, 9.17) is 11.6 Å². The molecule has 0 radical (unpaired) electrons. The molecule has 0 aliphatic heterocycles. The summed E-state index contributed by atoms with van der Waals surface area (Å²) in [6.07, 6.45) is 0. The molecule has 0 atom stereocenters. The Bertz CT molecular complexity index is 911. The standard InChI is InChI=1S/C15H17ClN2O4S2/c1-17-23(19,20)11-13-7-5-12(6-8-13)10-18-24(21,22)15-4-2-3-14(16)9-15/h2-9,17-18H,10-11H2,1H3. The van der Waals surface area contributed by atoms with Gasteiger partial charge in [-0.25, -0.2) is 26.3 Å². The van der Waals surface area contributed by atoms with Gasteiger partial charge in [-0.2, -0.15) is 0 Å². The molecule has 6 nitrogen and oxygen atoms in total. The molecule has 0 spiro atoms. The number of sulfonamides is 2. The fourth-order valence-corrected chi connectivity index (χ4v) is 4.03. The van der Waals surface area contributed by atoms with Crippen LogP contribution in [0, 0.1) is 0 Å². The molecule has 2 rings (SSSR count). The molecule has 24 heavy (non-hydrogen) atoms. The quantitative estimate of drug-likeness (QED) is 0.757. The summed E-state index contributed by atoms with van der Waals surface area (Å²) in [6, 6.07) is 12.7. The van der Waals surface area contributed by atoms with Gasteiger partial charge >= 0.3 is 0 Å². The summed E-state index contributed by atoms with van der Waals surface area (Å²) in [7, 11) is -5.64. The first-order valence-electron chi connectivity index (χ1n) is 6.96. The van der Waals surface area contributed by atoms with Crippen molar-refractivity contribution < 1.29 is 16.8 Å². The first kappa shape index (κ1) is 18.9. The van der Waals surface area contributed by atoms with Crippen molar-refractivity contribution in [1.29, 1.82) is 0 Å². The third-order valence-corrected chi connectivity index (χ3v) is 6.23. The molecule has 2 aromatic carbocycles. The second kappa shape index (κ2) is 7.62. The van der Waals surface area contributed by atoms with Crippen molar-refractivity contribution in [3.8, 4) is 0 Å². The topological polar surface area (TPSA) is 92.3 Å². The fourth-order valence-electron chi connectivity index (χ4n) is 1.94. The van der Waals surface area contributed by atoms with Crippen molar-refractivity contribution in [2.75, 3.05) is 7.05 Å². The SMILES string of the molecule is CNS(=O)(=O)Cc1ccc(CNS(=O)(=O)c2cccc(Cl)c2)cc1. The monoisotopic (exact) mass is 388 g/mol. The Kier molecular flexibility index (Phi) is 6.00. The predicted molar refractivity (Wildman–Crippen MR) is 93.6 cm³/mol. The normalized spacial score (nSPS) is 12.2. The summed E-state index contributed by atoms with van der Waals surface area (Å²) in [5.41, 5.74) is 1.33. The third-order valence-electron chi connectivity index (χ3n) is 3.26. The maximum Gasteiger partial charge on any atom is 0.240 e. The molecule has 0 aliphatic rings. The molecule has 0 fully saturated rings. The molecule has 2 aromatic rings. The minimum absolute atomic E-state index is 0.0896. The Balaban J connectivity index is 2.04. The first-order valence-corrected chi connectivity index (χ1v) is 10.5. The number of halogens is 1. The maximum atomic E-state index is 12.2. The zero-order chi connectivity index (χ0) is 17.8. The van der Waals surface area contributed by atoms with Crippen LogP contribution in [-0.4, -0.2) is 23.9 Å². The summed E-state index contributed by atoms with van der Waals surface area (Å²) in [5.74, 6) is -0.127. The van der Waals surface area contributed by atoms with Gasteiger partial charge < -0.3 is 0 Å². The Hall–Kier alpha value is -1.45. The minimum Gasteiger partial charge on any atom is -0.218 e. The van der Waals surface area contributed by atoms with Crippen LogP contribution in [0.4, 0.5) is 0 Å². The van der Waals surface area contributed by atoms with E-state index < -0.39 is 20.0 Å². The zero-order valence-electron chi connectivity index (χ0n) is 12.9. The molecule has 0 bridgehead atoms. The molecule has 0 amide bonds. The average molecular weight is 389 g/mol. The van der Waals surface area contributed by atoms with E-state index in [0.717, 1.165) is 0 Å². The van der Waals surface area contributed by atoms with Gasteiger partial charge in [-0.3, -0.25) is 0 Å². The Morgan fingerprint density at radius 1 is 0.958 bits per heavy atom. The average Bonchev–Trinajstić information content (AvgIpc) is 2.54. The van der Waals surface area contributed by atoms with E-state index >= 15 is 0 Å². The largest absolute Gasteiger partial charge is 0.240 e. The molecule has 9 heteroatoms. The van der Waals surface area contributed by atoms with Gasteiger partial charge in [-0.1, -0.05) is 41.9 Å². The van der Waals surface area contributed by atoms with Crippen molar-refractivity contribution in [1.82, 2.24) is 9.44 Å². The van der Waals surface area contributed by atoms with Gasteiger partial charge in [-0.05, 0) is 36.4 Å². The van der Waals surface area contributed by atoms with Crippen LogP contribution >= 0.6 is 11.6 Å². The minimum atomic E-state index is -3.66. The fraction of sp³-hybridized carbons (Fsp3) is 0.200. The van der Waals surface area contributed by atoms with Crippen molar-refractivity contribution in [2.45, 2.75) is 17.2 Å². The van der Waals surface area contributed by atoms with E-state index in [-0.39, 0.29) is 17.2 Å². The summed E-state index contributed by atoms with van der Waals surface area (Å²) in [6.45, 7) is 0.0912. The smallest absolute Gasteiger partial charge is 0.218 e. The molecular formula is C15H17ClN2O4S2. The number of hydrogen-bond donors (Lipinski definition) is 2. The highest BCUT2D eigenvalue weighted by Gasteiger charge is 2.14.